The Bertz CT molecular complexity index is 2040. The summed E-state index contributed by atoms with van der Waals surface area (Å²) in [5.74, 6) is 0. The van der Waals surface area contributed by atoms with Gasteiger partial charge in [-0.05, 0) is 82.9 Å². The predicted molar refractivity (Wildman–Crippen MR) is 166 cm³/mol. The Balaban J connectivity index is 1.29. The van der Waals surface area contributed by atoms with Crippen LogP contribution in [0.1, 0.15) is 11.1 Å². The first-order valence-corrected chi connectivity index (χ1v) is 13.9. The summed E-state index contributed by atoms with van der Waals surface area (Å²) in [6.07, 6.45) is 3.36. The van der Waals surface area contributed by atoms with Gasteiger partial charge in [0.1, 0.15) is 0 Å². The molecule has 0 fully saturated rings. The third kappa shape index (κ3) is 4.61. The normalized spacial score (nSPS) is 10.9. The molecule has 0 spiro atoms. The van der Waals surface area contributed by atoms with Crippen LogP contribution in [0.5, 0.6) is 0 Å². The lowest BCUT2D eigenvalue weighted by Crippen LogP contribution is -1.86. The van der Waals surface area contributed by atoms with Gasteiger partial charge in [0.25, 0.3) is 0 Å². The highest BCUT2D eigenvalue weighted by Gasteiger charge is 2.11. The maximum atomic E-state index is 9.30. The van der Waals surface area contributed by atoms with Gasteiger partial charge in [-0.1, -0.05) is 48.5 Å². The standard InChI is InChI=1S/C36H20N4S/c37-21-23-11-13-39-33(15-23)29-5-1-3-25(17-29)27-7-9-35-31(19-27)32-20-28(8-10-36(32)41-35)26-4-2-6-30(18-26)34-16-24(22-38)12-14-40-34/h1-20H. The van der Waals surface area contributed by atoms with Crippen LogP contribution in [-0.2, 0) is 0 Å². The van der Waals surface area contributed by atoms with Gasteiger partial charge in [-0.25, -0.2) is 0 Å². The molecule has 190 valence electrons. The Morgan fingerprint density at radius 3 is 1.37 bits per heavy atom. The molecular formula is C36H20N4S. The fraction of sp³-hybridized carbons (Fsp3) is 0. The molecule has 0 amide bonds. The number of nitrogens with zero attached hydrogens (tertiary/aromatic N) is 4. The Hall–Kier alpha value is -5.62. The van der Waals surface area contributed by atoms with Crippen molar-refractivity contribution in [3.05, 3.63) is 133 Å². The third-order valence-corrected chi connectivity index (χ3v) is 8.38. The Morgan fingerprint density at radius 1 is 0.463 bits per heavy atom. The van der Waals surface area contributed by atoms with Crippen LogP contribution in [0.4, 0.5) is 0 Å². The molecule has 0 saturated carbocycles. The molecule has 0 radical (unpaired) electrons. The largest absolute Gasteiger partial charge is 0.256 e. The quantitative estimate of drug-likeness (QED) is 0.223. The van der Waals surface area contributed by atoms with Crippen molar-refractivity contribution in [1.82, 2.24) is 9.97 Å². The van der Waals surface area contributed by atoms with Crippen molar-refractivity contribution < 1.29 is 0 Å². The number of pyridine rings is 2. The number of rotatable bonds is 4. The van der Waals surface area contributed by atoms with Crippen LogP contribution in [0.25, 0.3) is 64.9 Å². The van der Waals surface area contributed by atoms with Gasteiger partial charge in [0.15, 0.2) is 0 Å². The molecule has 7 aromatic rings. The van der Waals surface area contributed by atoms with Gasteiger partial charge in [0.05, 0.1) is 34.7 Å². The second-order valence-corrected chi connectivity index (χ2v) is 10.9. The monoisotopic (exact) mass is 540 g/mol. The van der Waals surface area contributed by atoms with Crippen molar-refractivity contribution in [2.24, 2.45) is 0 Å². The van der Waals surface area contributed by atoms with E-state index in [1.165, 1.54) is 20.2 Å². The molecule has 3 aromatic heterocycles. The lowest BCUT2D eigenvalue weighted by molar-refractivity contribution is 1.31. The van der Waals surface area contributed by atoms with E-state index in [1.807, 2.05) is 36.4 Å². The molecule has 0 aliphatic rings. The van der Waals surface area contributed by atoms with Crippen LogP contribution in [0, 0.1) is 22.7 Å². The molecule has 3 heterocycles. The highest BCUT2D eigenvalue weighted by molar-refractivity contribution is 7.25. The minimum Gasteiger partial charge on any atom is -0.256 e. The first-order chi connectivity index (χ1) is 20.2. The lowest BCUT2D eigenvalue weighted by Gasteiger charge is -2.07. The highest BCUT2D eigenvalue weighted by Crippen LogP contribution is 2.39. The number of aromatic nitrogens is 2. The number of fused-ring (bicyclic) bond motifs is 3. The molecule has 4 aromatic carbocycles. The van der Waals surface area contributed by atoms with Gasteiger partial charge in [-0.15, -0.1) is 11.3 Å². The average molecular weight is 541 g/mol. The fourth-order valence-corrected chi connectivity index (χ4v) is 6.24. The third-order valence-electron chi connectivity index (χ3n) is 7.23. The minimum atomic E-state index is 0.597. The van der Waals surface area contributed by atoms with E-state index < -0.39 is 0 Å². The number of thiophene rings is 1. The van der Waals surface area contributed by atoms with E-state index in [0.717, 1.165) is 44.8 Å². The maximum absolute atomic E-state index is 9.30. The summed E-state index contributed by atoms with van der Waals surface area (Å²) in [5.41, 5.74) is 9.19. The second-order valence-electron chi connectivity index (χ2n) is 9.77. The summed E-state index contributed by atoms with van der Waals surface area (Å²) in [5, 5.41) is 21.0. The summed E-state index contributed by atoms with van der Waals surface area (Å²) in [4.78, 5) is 8.96. The molecular weight excluding hydrogens is 520 g/mol. The van der Waals surface area contributed by atoms with E-state index in [-0.39, 0.29) is 0 Å². The van der Waals surface area contributed by atoms with Gasteiger partial charge < -0.3 is 0 Å². The van der Waals surface area contributed by atoms with E-state index in [9.17, 15) is 10.5 Å². The Kier molecular flexibility index (Phi) is 6.06. The first-order valence-electron chi connectivity index (χ1n) is 13.1. The molecule has 5 heteroatoms. The van der Waals surface area contributed by atoms with Crippen LogP contribution in [-0.4, -0.2) is 9.97 Å². The van der Waals surface area contributed by atoms with Crippen LogP contribution in [0.2, 0.25) is 0 Å². The lowest BCUT2D eigenvalue weighted by atomic mass is 9.97. The van der Waals surface area contributed by atoms with Crippen molar-refractivity contribution in [1.29, 1.82) is 10.5 Å². The van der Waals surface area contributed by atoms with Crippen LogP contribution < -0.4 is 0 Å². The van der Waals surface area contributed by atoms with Crippen molar-refractivity contribution in [2.75, 3.05) is 0 Å². The number of hydrogen-bond acceptors (Lipinski definition) is 5. The summed E-state index contributed by atoms with van der Waals surface area (Å²) in [6, 6.07) is 41.3. The summed E-state index contributed by atoms with van der Waals surface area (Å²) < 4.78 is 2.48. The molecule has 0 aliphatic heterocycles. The Morgan fingerprint density at radius 2 is 0.902 bits per heavy atom. The topological polar surface area (TPSA) is 73.4 Å². The van der Waals surface area contributed by atoms with Gasteiger partial charge >= 0.3 is 0 Å². The van der Waals surface area contributed by atoms with E-state index in [0.29, 0.717) is 11.1 Å². The van der Waals surface area contributed by atoms with Gasteiger partial charge in [0.2, 0.25) is 0 Å². The molecule has 0 N–H and O–H groups in total. The smallest absolute Gasteiger partial charge is 0.0992 e. The van der Waals surface area contributed by atoms with Crippen molar-refractivity contribution >= 4 is 31.5 Å². The molecule has 0 atom stereocenters. The SMILES string of the molecule is N#Cc1ccnc(-c2cccc(-c3ccc4sc5ccc(-c6cccc(-c7cc(C#N)ccn7)c6)cc5c4c3)c2)c1. The van der Waals surface area contributed by atoms with E-state index in [1.54, 1.807) is 35.9 Å². The zero-order valence-electron chi connectivity index (χ0n) is 21.7. The molecule has 0 saturated heterocycles. The zero-order chi connectivity index (χ0) is 27.8. The van der Waals surface area contributed by atoms with Gasteiger partial charge in [0, 0.05) is 43.7 Å². The number of nitriles is 2. The Labute approximate surface area is 241 Å². The van der Waals surface area contributed by atoms with Gasteiger partial charge in [-0.3, -0.25) is 9.97 Å². The molecule has 0 bridgehead atoms. The van der Waals surface area contributed by atoms with E-state index >= 15 is 0 Å². The number of hydrogen-bond donors (Lipinski definition) is 0. The van der Waals surface area contributed by atoms with E-state index in [4.69, 9.17) is 0 Å². The summed E-state index contributed by atoms with van der Waals surface area (Å²) in [6.45, 7) is 0. The van der Waals surface area contributed by atoms with Gasteiger partial charge in [-0.2, -0.15) is 10.5 Å². The molecule has 4 nitrogen and oxygen atoms in total. The minimum absolute atomic E-state index is 0.597. The predicted octanol–water partition coefficient (Wildman–Crippen LogP) is 9.26. The average Bonchev–Trinajstić information content (AvgIpc) is 3.42. The van der Waals surface area contributed by atoms with Crippen molar-refractivity contribution in [3.8, 4) is 56.9 Å². The molecule has 0 unspecified atom stereocenters. The molecule has 7 rings (SSSR count). The zero-order valence-corrected chi connectivity index (χ0v) is 22.6. The van der Waals surface area contributed by atoms with Crippen LogP contribution >= 0.6 is 11.3 Å². The van der Waals surface area contributed by atoms with Crippen LogP contribution in [0.3, 0.4) is 0 Å². The fourth-order valence-electron chi connectivity index (χ4n) is 5.17. The van der Waals surface area contributed by atoms with Crippen LogP contribution in [0.15, 0.2) is 122 Å². The summed E-state index contributed by atoms with van der Waals surface area (Å²) >= 11 is 1.80. The highest BCUT2D eigenvalue weighted by atomic mass is 32.1. The van der Waals surface area contributed by atoms with E-state index in [2.05, 4.69) is 82.8 Å². The summed E-state index contributed by atoms with van der Waals surface area (Å²) in [7, 11) is 0. The van der Waals surface area contributed by atoms with Crippen molar-refractivity contribution in [2.45, 2.75) is 0 Å². The molecule has 0 aliphatic carbocycles. The maximum Gasteiger partial charge on any atom is 0.0992 e. The van der Waals surface area contributed by atoms with Crippen molar-refractivity contribution in [3.63, 3.8) is 0 Å². The second kappa shape index (κ2) is 10.2. The first kappa shape index (κ1) is 24.4. The molecule has 41 heavy (non-hydrogen) atoms. The number of benzene rings is 4.